The zero-order valence-electron chi connectivity index (χ0n) is 10.4. The van der Waals surface area contributed by atoms with E-state index in [9.17, 15) is 0 Å². The summed E-state index contributed by atoms with van der Waals surface area (Å²) in [5.41, 5.74) is 3.31. The molecule has 0 aliphatic heterocycles. The summed E-state index contributed by atoms with van der Waals surface area (Å²) in [6, 6.07) is 8.27. The summed E-state index contributed by atoms with van der Waals surface area (Å²) in [6.07, 6.45) is 2.57. The van der Waals surface area contributed by atoms with Crippen molar-refractivity contribution >= 4 is 32.2 Å². The third-order valence-electron chi connectivity index (χ3n) is 3.49. The van der Waals surface area contributed by atoms with Crippen LogP contribution in [-0.4, -0.2) is 14.6 Å². The fourth-order valence-corrected chi connectivity index (χ4v) is 3.62. The Morgan fingerprint density at radius 3 is 2.63 bits per heavy atom. The maximum atomic E-state index is 4.75. The molecule has 3 nitrogen and oxygen atoms in total. The van der Waals surface area contributed by atoms with Crippen molar-refractivity contribution in [1.82, 2.24) is 14.6 Å². The summed E-state index contributed by atoms with van der Waals surface area (Å²) in [5, 5.41) is 5.94. The number of nitrogens with zero attached hydrogens (tertiary/aromatic N) is 3. The molecule has 1 aromatic carbocycles. The van der Waals surface area contributed by atoms with Crippen LogP contribution in [0.3, 0.4) is 0 Å². The van der Waals surface area contributed by atoms with Crippen LogP contribution in [-0.2, 0) is 0 Å². The largest absolute Gasteiger partial charge is 0.217 e. The summed E-state index contributed by atoms with van der Waals surface area (Å²) in [5.74, 6) is 0.697. The smallest absolute Gasteiger partial charge is 0.212 e. The molecule has 2 heterocycles. The molecule has 0 bridgehead atoms. The first kappa shape index (κ1) is 11.6. The average molecular weight is 334 g/mol. The lowest BCUT2D eigenvalue weighted by atomic mass is 10.1. The Hall–Kier alpha value is -1.20. The maximum absolute atomic E-state index is 4.75. The van der Waals surface area contributed by atoms with Gasteiger partial charge in [0.2, 0.25) is 4.96 Å². The van der Waals surface area contributed by atoms with Crippen molar-refractivity contribution in [3.05, 3.63) is 39.4 Å². The van der Waals surface area contributed by atoms with E-state index in [1.54, 1.807) is 11.3 Å². The Kier molecular flexibility index (Phi) is 2.53. The van der Waals surface area contributed by atoms with Gasteiger partial charge < -0.3 is 0 Å². The second-order valence-electron chi connectivity index (χ2n) is 4.96. The lowest BCUT2D eigenvalue weighted by molar-refractivity contribution is 0.877. The predicted octanol–water partition coefficient (Wildman–Crippen LogP) is 4.41. The number of fused-ring (bicyclic) bond motifs is 1. The van der Waals surface area contributed by atoms with Crippen molar-refractivity contribution in [3.63, 3.8) is 0 Å². The van der Waals surface area contributed by atoms with Crippen LogP contribution in [0, 0.1) is 6.92 Å². The molecule has 0 unspecified atom stereocenters. The molecule has 3 aromatic rings. The highest BCUT2D eigenvalue weighted by molar-refractivity contribution is 9.10. The molecule has 1 aliphatic rings. The first-order valence-corrected chi connectivity index (χ1v) is 7.95. The molecule has 1 fully saturated rings. The Balaban J connectivity index is 1.84. The van der Waals surface area contributed by atoms with E-state index < -0.39 is 0 Å². The Morgan fingerprint density at radius 1 is 1.26 bits per heavy atom. The van der Waals surface area contributed by atoms with Crippen molar-refractivity contribution in [2.45, 2.75) is 25.7 Å². The van der Waals surface area contributed by atoms with Crippen LogP contribution in [0.1, 0.15) is 29.5 Å². The Bertz CT molecular complexity index is 753. The fourth-order valence-electron chi connectivity index (χ4n) is 2.24. The third kappa shape index (κ3) is 1.92. The number of benzene rings is 1. The Labute approximate surface area is 123 Å². The molecule has 4 rings (SSSR count). The van der Waals surface area contributed by atoms with Gasteiger partial charge in [-0.25, -0.2) is 9.50 Å². The van der Waals surface area contributed by atoms with E-state index in [0.717, 1.165) is 26.4 Å². The van der Waals surface area contributed by atoms with Gasteiger partial charge in [0, 0.05) is 16.0 Å². The fraction of sp³-hybridized carbons (Fsp3) is 0.286. The SMILES string of the molecule is Cc1c(-c2ccc(Br)cc2)nc2sc(C3CC3)nn12. The number of imidazole rings is 1. The first-order chi connectivity index (χ1) is 9.22. The van der Waals surface area contributed by atoms with Gasteiger partial charge in [-0.05, 0) is 31.9 Å². The van der Waals surface area contributed by atoms with Gasteiger partial charge in [0.1, 0.15) is 5.01 Å². The molecular weight excluding hydrogens is 322 g/mol. The molecular formula is C14H12BrN3S. The molecule has 0 N–H and O–H groups in total. The van der Waals surface area contributed by atoms with Gasteiger partial charge in [0.05, 0.1) is 11.4 Å². The minimum atomic E-state index is 0.697. The van der Waals surface area contributed by atoms with Crippen LogP contribution in [0.15, 0.2) is 28.7 Å². The first-order valence-electron chi connectivity index (χ1n) is 6.34. The van der Waals surface area contributed by atoms with Crippen molar-refractivity contribution in [1.29, 1.82) is 0 Å². The van der Waals surface area contributed by atoms with E-state index in [1.807, 2.05) is 16.6 Å². The van der Waals surface area contributed by atoms with Gasteiger partial charge in [-0.3, -0.25) is 0 Å². The predicted molar refractivity (Wildman–Crippen MR) is 80.7 cm³/mol. The summed E-state index contributed by atoms with van der Waals surface area (Å²) in [4.78, 5) is 5.76. The van der Waals surface area contributed by atoms with Gasteiger partial charge in [-0.2, -0.15) is 5.10 Å². The molecule has 0 atom stereocenters. The molecule has 5 heteroatoms. The van der Waals surface area contributed by atoms with Crippen molar-refractivity contribution < 1.29 is 0 Å². The highest BCUT2D eigenvalue weighted by Gasteiger charge is 2.28. The highest BCUT2D eigenvalue weighted by atomic mass is 79.9. The van der Waals surface area contributed by atoms with Gasteiger partial charge in [-0.1, -0.05) is 39.4 Å². The number of hydrogen-bond donors (Lipinski definition) is 0. The van der Waals surface area contributed by atoms with E-state index in [2.05, 4.69) is 35.0 Å². The number of halogens is 1. The second kappa shape index (κ2) is 4.15. The lowest BCUT2D eigenvalue weighted by Crippen LogP contribution is -1.90. The van der Waals surface area contributed by atoms with Crippen molar-refractivity contribution in [2.24, 2.45) is 0 Å². The normalized spacial score (nSPS) is 15.3. The van der Waals surface area contributed by atoms with E-state index in [0.29, 0.717) is 5.92 Å². The molecule has 0 spiro atoms. The summed E-state index contributed by atoms with van der Waals surface area (Å²) in [6.45, 7) is 2.09. The van der Waals surface area contributed by atoms with Crippen LogP contribution in [0.4, 0.5) is 0 Å². The molecule has 19 heavy (non-hydrogen) atoms. The summed E-state index contributed by atoms with van der Waals surface area (Å²) >= 11 is 5.19. The monoisotopic (exact) mass is 333 g/mol. The number of aromatic nitrogens is 3. The van der Waals surface area contributed by atoms with Crippen LogP contribution in [0.5, 0.6) is 0 Å². The van der Waals surface area contributed by atoms with Gasteiger partial charge in [0.15, 0.2) is 0 Å². The zero-order chi connectivity index (χ0) is 13.0. The molecule has 0 saturated heterocycles. The molecule has 96 valence electrons. The minimum absolute atomic E-state index is 0.697. The van der Waals surface area contributed by atoms with Crippen LogP contribution < -0.4 is 0 Å². The van der Waals surface area contributed by atoms with Crippen molar-refractivity contribution in [3.8, 4) is 11.3 Å². The lowest BCUT2D eigenvalue weighted by Gasteiger charge is -1.99. The van der Waals surface area contributed by atoms with Crippen LogP contribution in [0.2, 0.25) is 0 Å². The number of aryl methyl sites for hydroxylation is 1. The molecule has 0 radical (unpaired) electrons. The Morgan fingerprint density at radius 2 is 2.00 bits per heavy atom. The van der Waals surface area contributed by atoms with E-state index >= 15 is 0 Å². The zero-order valence-corrected chi connectivity index (χ0v) is 12.8. The van der Waals surface area contributed by atoms with Gasteiger partial charge >= 0.3 is 0 Å². The topological polar surface area (TPSA) is 30.2 Å². The van der Waals surface area contributed by atoms with Crippen molar-refractivity contribution in [2.75, 3.05) is 0 Å². The minimum Gasteiger partial charge on any atom is -0.217 e. The quantitative estimate of drug-likeness (QED) is 0.695. The number of hydrogen-bond acceptors (Lipinski definition) is 3. The highest BCUT2D eigenvalue weighted by Crippen LogP contribution is 2.42. The van der Waals surface area contributed by atoms with Gasteiger partial charge in [-0.15, -0.1) is 0 Å². The van der Waals surface area contributed by atoms with E-state index in [-0.39, 0.29) is 0 Å². The molecule has 1 aliphatic carbocycles. The maximum Gasteiger partial charge on any atom is 0.212 e. The van der Waals surface area contributed by atoms with E-state index in [4.69, 9.17) is 10.1 Å². The molecule has 2 aromatic heterocycles. The van der Waals surface area contributed by atoms with Crippen LogP contribution >= 0.6 is 27.3 Å². The standard InChI is InChI=1S/C14H12BrN3S/c1-8-12(9-4-6-11(15)7-5-9)16-14-18(8)17-13(19-14)10-2-3-10/h4-7,10H,2-3H2,1H3. The summed E-state index contributed by atoms with van der Waals surface area (Å²) < 4.78 is 3.08. The average Bonchev–Trinajstić information content (AvgIpc) is 3.10. The number of rotatable bonds is 2. The van der Waals surface area contributed by atoms with Crippen LogP contribution in [0.25, 0.3) is 16.2 Å². The van der Waals surface area contributed by atoms with Gasteiger partial charge in [0.25, 0.3) is 0 Å². The molecule has 1 saturated carbocycles. The summed E-state index contributed by atoms with van der Waals surface area (Å²) in [7, 11) is 0. The third-order valence-corrected chi connectivity index (χ3v) is 5.09. The second-order valence-corrected chi connectivity index (χ2v) is 6.86. The van der Waals surface area contributed by atoms with E-state index in [1.165, 1.54) is 17.8 Å². The molecule has 0 amide bonds.